The number of rotatable bonds is 3. The Labute approximate surface area is 146 Å². The van der Waals surface area contributed by atoms with Gasteiger partial charge in [0.25, 0.3) is 0 Å². The lowest BCUT2D eigenvalue weighted by Crippen LogP contribution is -2.07. The average Bonchev–Trinajstić information content (AvgIpc) is 3.16. The van der Waals surface area contributed by atoms with Crippen LogP contribution in [-0.2, 0) is 4.79 Å². The smallest absolute Gasteiger partial charge is 0.250 e. The molecule has 1 aliphatic rings. The summed E-state index contributed by atoms with van der Waals surface area (Å²) in [5, 5.41) is 3.86. The molecule has 0 unspecified atom stereocenters. The number of amides is 1. The van der Waals surface area contributed by atoms with E-state index < -0.39 is 0 Å². The van der Waals surface area contributed by atoms with E-state index in [-0.39, 0.29) is 12.7 Å². The highest BCUT2D eigenvalue weighted by atomic mass is 35.5. The van der Waals surface area contributed by atoms with Gasteiger partial charge in [0.05, 0.1) is 10.2 Å². The molecule has 0 radical (unpaired) electrons. The molecule has 2 aromatic carbocycles. The lowest BCUT2D eigenvalue weighted by molar-refractivity contribution is -0.111. The third-order valence-electron chi connectivity index (χ3n) is 3.43. The Morgan fingerprint density at radius 3 is 2.88 bits per heavy atom. The molecule has 7 heteroatoms. The number of anilines is 1. The minimum absolute atomic E-state index is 0.225. The maximum Gasteiger partial charge on any atom is 0.250 e. The number of aromatic nitrogens is 1. The molecule has 3 aromatic rings. The van der Waals surface area contributed by atoms with Gasteiger partial charge in [0.15, 0.2) is 16.6 Å². The lowest BCUT2D eigenvalue weighted by Gasteiger charge is -1.97. The predicted octanol–water partition coefficient (Wildman–Crippen LogP) is 4.33. The van der Waals surface area contributed by atoms with Gasteiger partial charge in [0.1, 0.15) is 0 Å². The monoisotopic (exact) mass is 358 g/mol. The molecule has 0 saturated heterocycles. The number of benzene rings is 2. The fourth-order valence-corrected chi connectivity index (χ4v) is 3.37. The molecule has 1 N–H and O–H groups in total. The van der Waals surface area contributed by atoms with E-state index in [9.17, 15) is 4.79 Å². The van der Waals surface area contributed by atoms with Crippen molar-refractivity contribution in [2.24, 2.45) is 0 Å². The largest absolute Gasteiger partial charge is 0.454 e. The SMILES string of the molecule is O=C(/C=C/c1ccccc1Cl)Nc1nc2cc3c(cc2s1)OCO3. The first-order valence-corrected chi connectivity index (χ1v) is 8.32. The lowest BCUT2D eigenvalue weighted by atomic mass is 10.2. The molecular formula is C17H11ClN2O3S. The first-order valence-electron chi connectivity index (χ1n) is 7.13. The summed E-state index contributed by atoms with van der Waals surface area (Å²) in [6, 6.07) is 11.0. The summed E-state index contributed by atoms with van der Waals surface area (Å²) in [7, 11) is 0. The molecular weight excluding hydrogens is 348 g/mol. The highest BCUT2D eigenvalue weighted by Crippen LogP contribution is 2.38. The van der Waals surface area contributed by atoms with Crippen LogP contribution in [0, 0.1) is 0 Å². The van der Waals surface area contributed by atoms with E-state index in [4.69, 9.17) is 21.1 Å². The van der Waals surface area contributed by atoms with Gasteiger partial charge in [-0.15, -0.1) is 0 Å². The van der Waals surface area contributed by atoms with Crippen LogP contribution >= 0.6 is 22.9 Å². The first-order chi connectivity index (χ1) is 11.7. The van der Waals surface area contributed by atoms with Crippen LogP contribution in [-0.4, -0.2) is 17.7 Å². The second-order valence-electron chi connectivity index (χ2n) is 5.04. The fraction of sp³-hybridized carbons (Fsp3) is 0.0588. The molecule has 0 saturated carbocycles. The molecule has 4 rings (SSSR count). The van der Waals surface area contributed by atoms with Crippen molar-refractivity contribution in [2.45, 2.75) is 0 Å². The van der Waals surface area contributed by atoms with E-state index in [2.05, 4.69) is 10.3 Å². The molecule has 0 bridgehead atoms. The number of nitrogens with one attached hydrogen (secondary N) is 1. The van der Waals surface area contributed by atoms with E-state index in [1.807, 2.05) is 30.3 Å². The number of halogens is 1. The molecule has 1 aliphatic heterocycles. The highest BCUT2D eigenvalue weighted by molar-refractivity contribution is 7.22. The average molecular weight is 359 g/mol. The Balaban J connectivity index is 1.52. The minimum Gasteiger partial charge on any atom is -0.454 e. The molecule has 0 spiro atoms. The second kappa shape index (κ2) is 6.14. The topological polar surface area (TPSA) is 60.5 Å². The summed E-state index contributed by atoms with van der Waals surface area (Å²) in [5.74, 6) is 1.10. The van der Waals surface area contributed by atoms with Crippen LogP contribution in [0.1, 0.15) is 5.56 Å². The van der Waals surface area contributed by atoms with Crippen LogP contribution in [0.4, 0.5) is 5.13 Å². The van der Waals surface area contributed by atoms with Crippen LogP contribution in [0.5, 0.6) is 11.5 Å². The van der Waals surface area contributed by atoms with E-state index in [0.29, 0.717) is 21.7 Å². The quantitative estimate of drug-likeness (QED) is 0.708. The van der Waals surface area contributed by atoms with Crippen LogP contribution in [0.15, 0.2) is 42.5 Å². The Morgan fingerprint density at radius 1 is 1.25 bits per heavy atom. The van der Waals surface area contributed by atoms with Gasteiger partial charge in [-0.25, -0.2) is 4.98 Å². The van der Waals surface area contributed by atoms with Crippen molar-refractivity contribution in [3.8, 4) is 11.5 Å². The highest BCUT2D eigenvalue weighted by Gasteiger charge is 2.16. The van der Waals surface area contributed by atoms with Crippen molar-refractivity contribution in [1.82, 2.24) is 4.98 Å². The maximum atomic E-state index is 12.1. The zero-order valence-corrected chi connectivity index (χ0v) is 13.9. The Hall–Kier alpha value is -2.57. The summed E-state index contributed by atoms with van der Waals surface area (Å²) >= 11 is 7.43. The maximum absolute atomic E-state index is 12.1. The van der Waals surface area contributed by atoms with Crippen molar-refractivity contribution in [1.29, 1.82) is 0 Å². The second-order valence-corrected chi connectivity index (χ2v) is 6.47. The van der Waals surface area contributed by atoms with Gasteiger partial charge in [0.2, 0.25) is 12.7 Å². The third-order valence-corrected chi connectivity index (χ3v) is 4.71. The molecule has 120 valence electrons. The van der Waals surface area contributed by atoms with Gasteiger partial charge in [-0.2, -0.15) is 0 Å². The molecule has 1 amide bonds. The molecule has 0 aliphatic carbocycles. The first kappa shape index (κ1) is 15.0. The number of carbonyl (C=O) groups is 1. The Morgan fingerprint density at radius 2 is 2.04 bits per heavy atom. The zero-order valence-electron chi connectivity index (χ0n) is 12.3. The zero-order chi connectivity index (χ0) is 16.5. The van der Waals surface area contributed by atoms with Crippen LogP contribution in [0.3, 0.4) is 0 Å². The Kier molecular flexibility index (Phi) is 3.84. The normalized spacial score (nSPS) is 12.9. The van der Waals surface area contributed by atoms with E-state index >= 15 is 0 Å². The van der Waals surface area contributed by atoms with Gasteiger partial charge < -0.3 is 9.47 Å². The molecule has 1 aromatic heterocycles. The molecule has 2 heterocycles. The van der Waals surface area contributed by atoms with Gasteiger partial charge in [0, 0.05) is 23.2 Å². The van der Waals surface area contributed by atoms with E-state index in [1.165, 1.54) is 17.4 Å². The summed E-state index contributed by atoms with van der Waals surface area (Å²) in [5.41, 5.74) is 1.54. The number of hydrogen-bond donors (Lipinski definition) is 1. The van der Waals surface area contributed by atoms with Crippen LogP contribution in [0.25, 0.3) is 16.3 Å². The standard InChI is InChI=1S/C17H11ClN2O3S/c18-11-4-2-1-3-10(11)5-6-16(21)20-17-19-12-7-13-14(23-9-22-13)8-15(12)24-17/h1-8H,9H2,(H,19,20,21)/b6-5+. The van der Waals surface area contributed by atoms with Crippen LogP contribution < -0.4 is 14.8 Å². The van der Waals surface area contributed by atoms with Gasteiger partial charge in [-0.05, 0) is 17.7 Å². The Bertz CT molecular complexity index is 927. The van der Waals surface area contributed by atoms with Crippen molar-refractivity contribution < 1.29 is 14.3 Å². The molecule has 0 fully saturated rings. The van der Waals surface area contributed by atoms with Gasteiger partial charge >= 0.3 is 0 Å². The molecule has 0 atom stereocenters. The third kappa shape index (κ3) is 2.93. The number of fused-ring (bicyclic) bond motifs is 2. The number of ether oxygens (including phenoxy) is 2. The number of hydrogen-bond acceptors (Lipinski definition) is 5. The van der Waals surface area contributed by atoms with Crippen LogP contribution in [0.2, 0.25) is 5.02 Å². The van der Waals surface area contributed by atoms with Gasteiger partial charge in [-0.3, -0.25) is 10.1 Å². The van der Waals surface area contributed by atoms with Crippen molar-refractivity contribution in [3.05, 3.63) is 53.1 Å². The molecule has 5 nitrogen and oxygen atoms in total. The molecule has 24 heavy (non-hydrogen) atoms. The van der Waals surface area contributed by atoms with Crippen molar-refractivity contribution in [3.63, 3.8) is 0 Å². The van der Waals surface area contributed by atoms with Crippen molar-refractivity contribution >= 4 is 50.3 Å². The van der Waals surface area contributed by atoms with E-state index in [1.54, 1.807) is 12.1 Å². The predicted molar refractivity (Wildman–Crippen MR) is 94.9 cm³/mol. The fourth-order valence-electron chi connectivity index (χ4n) is 2.29. The number of thiazole rings is 1. The summed E-state index contributed by atoms with van der Waals surface area (Å²) in [6.07, 6.45) is 3.10. The number of nitrogens with zero attached hydrogens (tertiary/aromatic N) is 1. The van der Waals surface area contributed by atoms with Gasteiger partial charge in [-0.1, -0.05) is 41.1 Å². The minimum atomic E-state index is -0.269. The summed E-state index contributed by atoms with van der Waals surface area (Å²) in [4.78, 5) is 16.4. The number of carbonyl (C=O) groups excluding carboxylic acids is 1. The summed E-state index contributed by atoms with van der Waals surface area (Å²) < 4.78 is 11.6. The van der Waals surface area contributed by atoms with Crippen molar-refractivity contribution in [2.75, 3.05) is 12.1 Å². The summed E-state index contributed by atoms with van der Waals surface area (Å²) in [6.45, 7) is 0.225. The van der Waals surface area contributed by atoms with E-state index in [0.717, 1.165) is 15.8 Å².